The number of likely N-dealkylation sites (tertiary alicyclic amines) is 1. The number of amides is 1. The zero-order chi connectivity index (χ0) is 20.6. The van der Waals surface area contributed by atoms with Gasteiger partial charge >= 0.3 is 5.97 Å². The predicted molar refractivity (Wildman–Crippen MR) is 109 cm³/mol. The van der Waals surface area contributed by atoms with Gasteiger partial charge in [0.1, 0.15) is 5.82 Å². The molecule has 0 aromatic heterocycles. The summed E-state index contributed by atoms with van der Waals surface area (Å²) in [6.45, 7) is 8.47. The molecule has 1 aromatic carbocycles. The summed E-state index contributed by atoms with van der Waals surface area (Å²) >= 11 is 0. The molecule has 3 rings (SSSR count). The molecule has 2 saturated heterocycles. The molecular formula is C21H31FN4O3. The Bertz CT molecular complexity index is 671. The third kappa shape index (κ3) is 7.06. The summed E-state index contributed by atoms with van der Waals surface area (Å²) < 4.78 is 13.0. The molecule has 0 aliphatic carbocycles. The Morgan fingerprint density at radius 2 is 1.48 bits per heavy atom. The van der Waals surface area contributed by atoms with Crippen LogP contribution < -0.4 is 5.32 Å². The van der Waals surface area contributed by atoms with Crippen LogP contribution in [0.1, 0.15) is 19.3 Å². The van der Waals surface area contributed by atoms with Crippen molar-refractivity contribution in [2.45, 2.75) is 19.3 Å². The topological polar surface area (TPSA) is 76.1 Å². The number of nitrogens with zero attached hydrogens (tertiary/aromatic N) is 3. The molecule has 0 radical (unpaired) electrons. The van der Waals surface area contributed by atoms with E-state index in [9.17, 15) is 19.1 Å². The molecule has 7 nitrogen and oxygen atoms in total. The Kier molecular flexibility index (Phi) is 7.97. The Hall–Kier alpha value is -2.03. The van der Waals surface area contributed by atoms with E-state index in [1.54, 1.807) is 0 Å². The summed E-state index contributed by atoms with van der Waals surface area (Å²) in [5.41, 5.74) is 0.465. The van der Waals surface area contributed by atoms with E-state index in [1.165, 1.54) is 50.2 Å². The van der Waals surface area contributed by atoms with Crippen molar-refractivity contribution in [2.24, 2.45) is 5.92 Å². The Balaban J connectivity index is 1.40. The van der Waals surface area contributed by atoms with Gasteiger partial charge in [0.05, 0.1) is 5.92 Å². The lowest BCUT2D eigenvalue weighted by Gasteiger charge is -2.36. The largest absolute Gasteiger partial charge is 0.481 e. The highest BCUT2D eigenvalue weighted by Crippen LogP contribution is 2.14. The average molecular weight is 407 g/mol. The summed E-state index contributed by atoms with van der Waals surface area (Å²) in [6.07, 6.45) is 2.51. The van der Waals surface area contributed by atoms with Gasteiger partial charge in [0.25, 0.3) is 0 Å². The molecule has 0 bridgehead atoms. The van der Waals surface area contributed by atoms with E-state index in [4.69, 9.17) is 0 Å². The lowest BCUT2D eigenvalue weighted by Crippen LogP contribution is -2.50. The van der Waals surface area contributed by atoms with Gasteiger partial charge in [-0.25, -0.2) is 4.39 Å². The number of piperazine rings is 1. The van der Waals surface area contributed by atoms with E-state index in [-0.39, 0.29) is 18.1 Å². The molecule has 1 atom stereocenters. The van der Waals surface area contributed by atoms with Crippen molar-refractivity contribution in [1.29, 1.82) is 0 Å². The molecule has 2 heterocycles. The first kappa shape index (κ1) is 21.7. The summed E-state index contributed by atoms with van der Waals surface area (Å²) in [7, 11) is 0. The number of hydrogen-bond donors (Lipinski definition) is 2. The molecule has 1 aromatic rings. The standard InChI is InChI=1S/C21H31FN4O3/c22-18-3-5-19(6-4-18)23-20(27)15-17(21(28)29)16-26-13-11-25(12-14-26)10-9-24-7-1-2-8-24/h3-6,17H,1-2,7-16H2,(H,23,27)(H,28,29)/t17-/m1/s1. The van der Waals surface area contributed by atoms with Crippen molar-refractivity contribution in [3.63, 3.8) is 0 Å². The van der Waals surface area contributed by atoms with Crippen LogP contribution in [0.4, 0.5) is 10.1 Å². The minimum Gasteiger partial charge on any atom is -0.481 e. The SMILES string of the molecule is O=C(C[C@H](CN1CCN(CCN2CCCC2)CC1)C(=O)O)Nc1ccc(F)cc1. The van der Waals surface area contributed by atoms with E-state index in [1.807, 2.05) is 0 Å². The van der Waals surface area contributed by atoms with Crippen LogP contribution >= 0.6 is 0 Å². The second-order valence-corrected chi connectivity index (χ2v) is 7.99. The van der Waals surface area contributed by atoms with Crippen molar-refractivity contribution in [3.8, 4) is 0 Å². The third-order valence-corrected chi connectivity index (χ3v) is 5.78. The minimum atomic E-state index is -0.962. The van der Waals surface area contributed by atoms with E-state index >= 15 is 0 Å². The molecule has 2 aliphatic heterocycles. The molecule has 29 heavy (non-hydrogen) atoms. The molecular weight excluding hydrogens is 375 g/mol. The van der Waals surface area contributed by atoms with Crippen LogP contribution in [0.3, 0.4) is 0 Å². The zero-order valence-electron chi connectivity index (χ0n) is 16.9. The van der Waals surface area contributed by atoms with Crippen LogP contribution in [-0.2, 0) is 9.59 Å². The van der Waals surface area contributed by atoms with E-state index < -0.39 is 11.9 Å². The number of anilines is 1. The number of rotatable bonds is 9. The highest BCUT2D eigenvalue weighted by molar-refractivity contribution is 5.93. The summed E-state index contributed by atoms with van der Waals surface area (Å²) in [6, 6.07) is 5.44. The van der Waals surface area contributed by atoms with Crippen molar-refractivity contribution < 1.29 is 19.1 Å². The number of carboxylic acids is 1. The van der Waals surface area contributed by atoms with E-state index in [0.717, 1.165) is 39.3 Å². The first-order valence-corrected chi connectivity index (χ1v) is 10.4. The molecule has 0 spiro atoms. The number of carbonyl (C=O) groups excluding carboxylic acids is 1. The summed E-state index contributed by atoms with van der Waals surface area (Å²) in [4.78, 5) is 30.9. The van der Waals surface area contributed by atoms with Gasteiger partial charge in [-0.1, -0.05) is 0 Å². The molecule has 2 N–H and O–H groups in total. The molecule has 8 heteroatoms. The maximum atomic E-state index is 13.0. The fourth-order valence-electron chi connectivity index (χ4n) is 4.00. The Labute approximate surface area is 171 Å². The summed E-state index contributed by atoms with van der Waals surface area (Å²) in [5, 5.41) is 12.2. The maximum absolute atomic E-state index is 13.0. The van der Waals surface area contributed by atoms with Gasteiger partial charge in [-0.15, -0.1) is 0 Å². The van der Waals surface area contributed by atoms with Gasteiger partial charge in [0.15, 0.2) is 0 Å². The first-order chi connectivity index (χ1) is 14.0. The Morgan fingerprint density at radius 1 is 0.931 bits per heavy atom. The highest BCUT2D eigenvalue weighted by atomic mass is 19.1. The van der Waals surface area contributed by atoms with Gasteiger partial charge in [-0.2, -0.15) is 0 Å². The number of hydrogen-bond acceptors (Lipinski definition) is 5. The number of carbonyl (C=O) groups is 2. The van der Waals surface area contributed by atoms with Gasteiger partial charge in [0.2, 0.25) is 5.91 Å². The second kappa shape index (κ2) is 10.7. The highest BCUT2D eigenvalue weighted by Gasteiger charge is 2.26. The second-order valence-electron chi connectivity index (χ2n) is 7.99. The quantitative estimate of drug-likeness (QED) is 0.648. The smallest absolute Gasteiger partial charge is 0.308 e. The van der Waals surface area contributed by atoms with Crippen LogP contribution in [0.5, 0.6) is 0 Å². The van der Waals surface area contributed by atoms with Gasteiger partial charge in [0, 0.05) is 57.9 Å². The molecule has 160 valence electrons. The van der Waals surface area contributed by atoms with Gasteiger partial charge in [-0.3, -0.25) is 19.4 Å². The lowest BCUT2D eigenvalue weighted by atomic mass is 10.0. The maximum Gasteiger partial charge on any atom is 0.308 e. The number of nitrogens with one attached hydrogen (secondary N) is 1. The van der Waals surface area contributed by atoms with Gasteiger partial charge in [-0.05, 0) is 50.2 Å². The number of halogens is 1. The van der Waals surface area contributed by atoms with Crippen LogP contribution in [0.25, 0.3) is 0 Å². The molecule has 0 saturated carbocycles. The lowest BCUT2D eigenvalue weighted by molar-refractivity contribution is -0.144. The number of aliphatic carboxylic acids is 1. The normalized spacial score (nSPS) is 19.9. The minimum absolute atomic E-state index is 0.0954. The van der Waals surface area contributed by atoms with E-state index in [2.05, 4.69) is 20.0 Å². The first-order valence-electron chi connectivity index (χ1n) is 10.4. The molecule has 2 aliphatic rings. The van der Waals surface area contributed by atoms with Crippen LogP contribution in [0, 0.1) is 11.7 Å². The number of carboxylic acid groups (broad SMARTS) is 1. The van der Waals surface area contributed by atoms with Crippen molar-refractivity contribution in [2.75, 3.05) is 64.2 Å². The summed E-state index contributed by atoms with van der Waals surface area (Å²) in [5.74, 6) is -2.47. The molecule has 2 fully saturated rings. The molecule has 0 unspecified atom stereocenters. The fourth-order valence-corrected chi connectivity index (χ4v) is 4.00. The number of benzene rings is 1. The Morgan fingerprint density at radius 3 is 2.07 bits per heavy atom. The average Bonchev–Trinajstić information content (AvgIpc) is 3.22. The van der Waals surface area contributed by atoms with E-state index in [0.29, 0.717) is 12.2 Å². The van der Waals surface area contributed by atoms with Crippen LogP contribution in [0.2, 0.25) is 0 Å². The fraction of sp³-hybridized carbons (Fsp3) is 0.619. The monoisotopic (exact) mass is 406 g/mol. The van der Waals surface area contributed by atoms with Crippen molar-refractivity contribution >= 4 is 17.6 Å². The zero-order valence-corrected chi connectivity index (χ0v) is 16.9. The van der Waals surface area contributed by atoms with Crippen LogP contribution in [0.15, 0.2) is 24.3 Å². The molecule has 1 amide bonds. The third-order valence-electron chi connectivity index (χ3n) is 5.78. The van der Waals surface area contributed by atoms with Gasteiger partial charge < -0.3 is 15.3 Å². The van der Waals surface area contributed by atoms with Crippen LogP contribution in [-0.4, -0.2) is 90.6 Å². The van der Waals surface area contributed by atoms with Crippen molar-refractivity contribution in [1.82, 2.24) is 14.7 Å². The predicted octanol–water partition coefficient (Wildman–Crippen LogP) is 1.57. The van der Waals surface area contributed by atoms with Crippen molar-refractivity contribution in [3.05, 3.63) is 30.1 Å².